The van der Waals surface area contributed by atoms with Crippen molar-refractivity contribution in [2.75, 3.05) is 6.61 Å². The number of aliphatic hydroxyl groups is 1. The first-order valence-corrected chi connectivity index (χ1v) is 7.70. The molecule has 1 heterocycles. The minimum absolute atomic E-state index is 0.0734. The topological polar surface area (TPSA) is 42.4 Å². The molecule has 0 radical (unpaired) electrons. The fourth-order valence-corrected chi connectivity index (χ4v) is 3.04. The summed E-state index contributed by atoms with van der Waals surface area (Å²) in [6, 6.07) is 8.05. The Kier molecular flexibility index (Phi) is 5.15. The van der Waals surface area contributed by atoms with Gasteiger partial charge in [0.1, 0.15) is 5.75 Å². The molecule has 0 atom stereocenters. The largest absolute Gasteiger partial charge is 0.493 e. The van der Waals surface area contributed by atoms with Crippen LogP contribution in [-0.4, -0.2) is 16.7 Å². The van der Waals surface area contributed by atoms with Gasteiger partial charge in [0.05, 0.1) is 28.8 Å². The Morgan fingerprint density at radius 3 is 2.50 bits per heavy atom. The monoisotopic (exact) mass is 291 g/mol. The zero-order valence-electron chi connectivity index (χ0n) is 12.2. The third kappa shape index (κ3) is 3.81. The highest BCUT2D eigenvalue weighted by molar-refractivity contribution is 7.11. The van der Waals surface area contributed by atoms with Crippen molar-refractivity contribution in [3.63, 3.8) is 0 Å². The number of aliphatic hydroxyl groups excluding tert-OH is 1. The third-order valence-electron chi connectivity index (χ3n) is 3.07. The summed E-state index contributed by atoms with van der Waals surface area (Å²) in [6.07, 6.45) is 0.776. The van der Waals surface area contributed by atoms with Gasteiger partial charge in [-0.2, -0.15) is 0 Å². The quantitative estimate of drug-likeness (QED) is 0.882. The Labute approximate surface area is 124 Å². The van der Waals surface area contributed by atoms with E-state index in [1.807, 2.05) is 24.3 Å². The lowest BCUT2D eigenvalue weighted by atomic mass is 10.1. The predicted octanol–water partition coefficient (Wildman–Crippen LogP) is 3.69. The fraction of sp³-hybridized carbons (Fsp3) is 0.438. The number of aryl methyl sites for hydroxylation is 1. The zero-order chi connectivity index (χ0) is 14.5. The summed E-state index contributed by atoms with van der Waals surface area (Å²) < 4.78 is 5.71. The maximum Gasteiger partial charge on any atom is 0.119 e. The number of rotatable bonds is 6. The lowest BCUT2D eigenvalue weighted by Crippen LogP contribution is -2.01. The first kappa shape index (κ1) is 15.0. The van der Waals surface area contributed by atoms with Crippen molar-refractivity contribution in [2.45, 2.75) is 39.7 Å². The predicted molar refractivity (Wildman–Crippen MR) is 82.5 cm³/mol. The molecule has 0 spiro atoms. The zero-order valence-corrected chi connectivity index (χ0v) is 13.0. The van der Waals surface area contributed by atoms with E-state index in [4.69, 9.17) is 4.74 Å². The molecule has 2 rings (SSSR count). The van der Waals surface area contributed by atoms with Gasteiger partial charge in [0.2, 0.25) is 0 Å². The Hall–Kier alpha value is -1.39. The van der Waals surface area contributed by atoms with Crippen LogP contribution in [0.15, 0.2) is 24.3 Å². The fourth-order valence-electron chi connectivity index (χ4n) is 1.98. The van der Waals surface area contributed by atoms with E-state index in [9.17, 15) is 5.11 Å². The van der Waals surface area contributed by atoms with Crippen LogP contribution in [0.4, 0.5) is 0 Å². The van der Waals surface area contributed by atoms with E-state index in [1.165, 1.54) is 5.56 Å². The summed E-state index contributed by atoms with van der Waals surface area (Å²) in [5.74, 6) is 1.23. The van der Waals surface area contributed by atoms with E-state index < -0.39 is 0 Å². The van der Waals surface area contributed by atoms with Gasteiger partial charge in [0, 0.05) is 6.42 Å². The number of hydrogen-bond donors (Lipinski definition) is 1. The minimum Gasteiger partial charge on any atom is -0.493 e. The van der Waals surface area contributed by atoms with Crippen LogP contribution in [0.3, 0.4) is 0 Å². The van der Waals surface area contributed by atoms with Gasteiger partial charge in [-0.3, -0.25) is 0 Å². The molecule has 0 aliphatic carbocycles. The maximum atomic E-state index is 9.35. The highest BCUT2D eigenvalue weighted by atomic mass is 32.1. The first-order chi connectivity index (χ1) is 9.60. The molecule has 3 nitrogen and oxygen atoms in total. The average molecular weight is 291 g/mol. The molecular formula is C16H21NO2S. The van der Waals surface area contributed by atoms with Gasteiger partial charge in [-0.05, 0) is 25.0 Å². The van der Waals surface area contributed by atoms with E-state index in [0.29, 0.717) is 12.5 Å². The summed E-state index contributed by atoms with van der Waals surface area (Å²) in [5, 5.41) is 10.4. The molecule has 0 aliphatic rings. The molecule has 1 N–H and O–H groups in total. The van der Waals surface area contributed by atoms with Crippen molar-refractivity contribution in [1.29, 1.82) is 0 Å². The van der Waals surface area contributed by atoms with E-state index in [-0.39, 0.29) is 6.61 Å². The highest BCUT2D eigenvalue weighted by Gasteiger charge is 2.13. The third-order valence-corrected chi connectivity index (χ3v) is 4.18. The molecule has 4 heteroatoms. The Bertz CT molecular complexity index is 546. The van der Waals surface area contributed by atoms with Gasteiger partial charge >= 0.3 is 0 Å². The van der Waals surface area contributed by atoms with E-state index >= 15 is 0 Å². The van der Waals surface area contributed by atoms with Gasteiger partial charge < -0.3 is 9.84 Å². The number of thiazole rings is 1. The summed E-state index contributed by atoms with van der Waals surface area (Å²) >= 11 is 1.58. The van der Waals surface area contributed by atoms with E-state index in [2.05, 4.69) is 25.8 Å². The molecule has 108 valence electrons. The molecule has 0 bridgehead atoms. The maximum absolute atomic E-state index is 9.35. The number of benzene rings is 1. The number of nitrogens with zero attached hydrogens (tertiary/aromatic N) is 1. The molecule has 1 aromatic carbocycles. The van der Waals surface area contributed by atoms with Crippen LogP contribution < -0.4 is 4.74 Å². The van der Waals surface area contributed by atoms with Crippen LogP contribution in [0.2, 0.25) is 0 Å². The Balaban J connectivity index is 1.92. The number of aromatic nitrogens is 1. The number of ether oxygens (including phenoxy) is 1. The summed E-state index contributed by atoms with van der Waals surface area (Å²) in [7, 11) is 0. The lowest BCUT2D eigenvalue weighted by molar-refractivity contribution is 0.283. The van der Waals surface area contributed by atoms with Crippen LogP contribution in [0, 0.1) is 6.92 Å². The molecule has 0 unspecified atom stereocenters. The molecular weight excluding hydrogens is 270 g/mol. The molecule has 0 saturated heterocycles. The second-order valence-corrected chi connectivity index (χ2v) is 6.31. The van der Waals surface area contributed by atoms with Crippen LogP contribution >= 0.6 is 11.3 Å². The normalized spacial score (nSPS) is 11.1. The molecule has 2 aromatic rings. The Morgan fingerprint density at radius 1 is 1.25 bits per heavy atom. The van der Waals surface area contributed by atoms with Crippen LogP contribution in [-0.2, 0) is 13.0 Å². The highest BCUT2D eigenvalue weighted by Crippen LogP contribution is 2.25. The smallest absolute Gasteiger partial charge is 0.119 e. The van der Waals surface area contributed by atoms with Gasteiger partial charge in [-0.1, -0.05) is 31.5 Å². The second-order valence-electron chi connectivity index (χ2n) is 5.14. The van der Waals surface area contributed by atoms with E-state index in [0.717, 1.165) is 27.7 Å². The van der Waals surface area contributed by atoms with Crippen molar-refractivity contribution in [3.05, 3.63) is 45.4 Å². The van der Waals surface area contributed by atoms with Gasteiger partial charge in [0.15, 0.2) is 0 Å². The van der Waals surface area contributed by atoms with Crippen molar-refractivity contribution >= 4 is 11.3 Å². The van der Waals surface area contributed by atoms with Gasteiger partial charge in [-0.25, -0.2) is 4.98 Å². The SMILES string of the molecule is Cc1ccc(OCCc2nc(C(C)C)c(CO)s2)cc1. The molecule has 1 aromatic heterocycles. The molecule has 0 fully saturated rings. The first-order valence-electron chi connectivity index (χ1n) is 6.89. The van der Waals surface area contributed by atoms with Crippen molar-refractivity contribution in [1.82, 2.24) is 4.98 Å². The average Bonchev–Trinajstić information content (AvgIpc) is 2.84. The lowest BCUT2D eigenvalue weighted by Gasteiger charge is -2.05. The van der Waals surface area contributed by atoms with Gasteiger partial charge in [-0.15, -0.1) is 11.3 Å². The summed E-state index contributed by atoms with van der Waals surface area (Å²) in [5.41, 5.74) is 2.24. The van der Waals surface area contributed by atoms with E-state index in [1.54, 1.807) is 11.3 Å². The molecule has 20 heavy (non-hydrogen) atoms. The molecule has 0 saturated carbocycles. The van der Waals surface area contributed by atoms with Crippen molar-refractivity contribution < 1.29 is 9.84 Å². The summed E-state index contributed by atoms with van der Waals surface area (Å²) in [4.78, 5) is 5.58. The minimum atomic E-state index is 0.0734. The van der Waals surface area contributed by atoms with Crippen molar-refractivity contribution in [3.8, 4) is 5.75 Å². The number of hydrogen-bond acceptors (Lipinski definition) is 4. The van der Waals surface area contributed by atoms with Crippen LogP contribution in [0.5, 0.6) is 5.75 Å². The molecule has 0 aliphatic heterocycles. The second kappa shape index (κ2) is 6.86. The van der Waals surface area contributed by atoms with Crippen molar-refractivity contribution in [2.24, 2.45) is 0 Å². The van der Waals surface area contributed by atoms with Crippen LogP contribution in [0.25, 0.3) is 0 Å². The summed E-state index contributed by atoms with van der Waals surface area (Å²) in [6.45, 7) is 6.94. The van der Waals surface area contributed by atoms with Gasteiger partial charge in [0.25, 0.3) is 0 Å². The van der Waals surface area contributed by atoms with Crippen LogP contribution in [0.1, 0.15) is 40.9 Å². The molecule has 0 amide bonds. The Morgan fingerprint density at radius 2 is 1.95 bits per heavy atom. The standard InChI is InChI=1S/C16H21NO2S/c1-11(2)16-14(10-18)20-15(17-16)8-9-19-13-6-4-12(3)5-7-13/h4-7,11,18H,8-10H2,1-3H3.